The minimum Gasteiger partial charge on any atom is -0.451 e. The van der Waals surface area contributed by atoms with Crippen LogP contribution >= 0.6 is 15.9 Å². The van der Waals surface area contributed by atoms with Crippen molar-refractivity contribution in [1.82, 2.24) is 4.98 Å². The van der Waals surface area contributed by atoms with E-state index in [0.29, 0.717) is 5.56 Å². The highest BCUT2D eigenvalue weighted by Crippen LogP contribution is 2.32. The molecule has 0 aliphatic carbocycles. The maximum absolute atomic E-state index is 13.4. The number of hydrogen-bond donors (Lipinski definition) is 0. The Morgan fingerprint density at radius 2 is 1.63 bits per heavy atom. The summed E-state index contributed by atoms with van der Waals surface area (Å²) in [7, 11) is 0. The average Bonchev–Trinajstić information content (AvgIpc) is 2.34. The fourth-order valence-electron chi connectivity index (χ4n) is 1.39. The molecule has 0 spiro atoms. The van der Waals surface area contributed by atoms with E-state index in [9.17, 15) is 17.6 Å². The Bertz CT molecular complexity index is 622. The fraction of sp³-hybridized carbons (Fsp3) is 0.0833. The van der Waals surface area contributed by atoms with Crippen molar-refractivity contribution in [3.8, 4) is 11.5 Å². The topological polar surface area (TPSA) is 22.1 Å². The molecule has 0 saturated heterocycles. The van der Waals surface area contributed by atoms with Crippen molar-refractivity contribution in [2.75, 3.05) is 0 Å². The lowest BCUT2D eigenvalue weighted by Gasteiger charge is -2.10. The number of ether oxygens (including phenoxy) is 1. The van der Waals surface area contributed by atoms with Gasteiger partial charge in [0, 0.05) is 4.47 Å². The highest BCUT2D eigenvalue weighted by molar-refractivity contribution is 9.10. The molecule has 1 aromatic carbocycles. The van der Waals surface area contributed by atoms with Crippen LogP contribution in [-0.2, 0) is 0 Å². The minimum absolute atomic E-state index is 0.0750. The third kappa shape index (κ3) is 2.70. The van der Waals surface area contributed by atoms with Crippen LogP contribution in [0.15, 0.2) is 22.7 Å². The van der Waals surface area contributed by atoms with E-state index in [0.717, 1.165) is 4.47 Å². The molecule has 2 rings (SSSR count). The molecule has 100 valence electrons. The number of hydrogen-bond acceptors (Lipinski definition) is 2. The van der Waals surface area contributed by atoms with Crippen LogP contribution in [0.5, 0.6) is 11.5 Å². The Labute approximate surface area is 114 Å². The molecule has 0 bridgehead atoms. The SMILES string of the molecule is Cc1cc(Br)ccc1Oc1c(F)c(F)nc(F)c1F. The van der Waals surface area contributed by atoms with Crippen molar-refractivity contribution in [3.63, 3.8) is 0 Å². The van der Waals surface area contributed by atoms with Gasteiger partial charge in [0.05, 0.1) is 0 Å². The monoisotopic (exact) mass is 335 g/mol. The molecule has 0 saturated carbocycles. The molecule has 0 aliphatic heterocycles. The fourth-order valence-corrected chi connectivity index (χ4v) is 1.87. The zero-order valence-corrected chi connectivity index (χ0v) is 11.1. The smallest absolute Gasteiger partial charge is 0.255 e. The highest BCUT2D eigenvalue weighted by atomic mass is 79.9. The molecule has 0 amide bonds. The molecule has 0 unspecified atom stereocenters. The Morgan fingerprint density at radius 1 is 1.05 bits per heavy atom. The average molecular weight is 336 g/mol. The van der Waals surface area contributed by atoms with Crippen molar-refractivity contribution >= 4 is 15.9 Å². The molecular weight excluding hydrogens is 330 g/mol. The summed E-state index contributed by atoms with van der Waals surface area (Å²) in [5.74, 6) is -7.96. The quantitative estimate of drug-likeness (QED) is 0.595. The number of halogens is 5. The molecule has 1 aromatic heterocycles. The summed E-state index contributed by atoms with van der Waals surface area (Å²) in [6.07, 6.45) is 0. The summed E-state index contributed by atoms with van der Waals surface area (Å²) in [5, 5.41) is 0. The van der Waals surface area contributed by atoms with Crippen molar-refractivity contribution in [2.24, 2.45) is 0 Å². The number of aromatic nitrogens is 1. The van der Waals surface area contributed by atoms with Gasteiger partial charge in [0.25, 0.3) is 11.9 Å². The Kier molecular flexibility index (Phi) is 3.75. The van der Waals surface area contributed by atoms with Gasteiger partial charge < -0.3 is 4.74 Å². The van der Waals surface area contributed by atoms with E-state index in [2.05, 4.69) is 20.9 Å². The van der Waals surface area contributed by atoms with Crippen LogP contribution in [0, 0.1) is 30.5 Å². The zero-order valence-electron chi connectivity index (χ0n) is 9.48. The highest BCUT2D eigenvalue weighted by Gasteiger charge is 2.23. The molecule has 0 fully saturated rings. The number of rotatable bonds is 2. The standard InChI is InChI=1S/C12H6BrF4NO/c1-5-4-6(13)2-3-7(5)19-10-8(14)11(16)18-12(17)9(10)15/h2-4H,1H3. The summed E-state index contributed by atoms with van der Waals surface area (Å²) in [4.78, 5) is 2.44. The maximum atomic E-state index is 13.4. The largest absolute Gasteiger partial charge is 0.451 e. The molecule has 0 atom stereocenters. The molecule has 0 aliphatic rings. The van der Waals surface area contributed by atoms with Gasteiger partial charge in [0.2, 0.25) is 17.4 Å². The molecule has 2 nitrogen and oxygen atoms in total. The van der Waals surface area contributed by atoms with Gasteiger partial charge in [-0.05, 0) is 30.7 Å². The molecule has 1 heterocycles. The van der Waals surface area contributed by atoms with E-state index in [-0.39, 0.29) is 5.75 Å². The molecular formula is C12H6BrF4NO. The third-order valence-electron chi connectivity index (χ3n) is 2.31. The first-order valence-corrected chi connectivity index (χ1v) is 5.83. The molecule has 19 heavy (non-hydrogen) atoms. The summed E-state index contributed by atoms with van der Waals surface area (Å²) in [6, 6.07) is 4.60. The van der Waals surface area contributed by atoms with Gasteiger partial charge in [-0.1, -0.05) is 15.9 Å². The van der Waals surface area contributed by atoms with Gasteiger partial charge in [-0.2, -0.15) is 22.5 Å². The van der Waals surface area contributed by atoms with Crippen LogP contribution < -0.4 is 4.74 Å². The van der Waals surface area contributed by atoms with Crippen LogP contribution in [0.4, 0.5) is 17.6 Å². The van der Waals surface area contributed by atoms with Crippen molar-refractivity contribution < 1.29 is 22.3 Å². The van der Waals surface area contributed by atoms with Gasteiger partial charge in [-0.15, -0.1) is 0 Å². The first-order valence-electron chi connectivity index (χ1n) is 5.04. The van der Waals surface area contributed by atoms with E-state index in [1.807, 2.05) is 0 Å². The van der Waals surface area contributed by atoms with Crippen LogP contribution in [0.2, 0.25) is 0 Å². The van der Waals surface area contributed by atoms with Gasteiger partial charge in [0.15, 0.2) is 0 Å². The maximum Gasteiger partial charge on any atom is 0.255 e. The van der Waals surface area contributed by atoms with Gasteiger partial charge in [-0.25, -0.2) is 0 Å². The van der Waals surface area contributed by atoms with E-state index in [1.165, 1.54) is 6.07 Å². The number of pyridine rings is 1. The Hall–Kier alpha value is -1.63. The summed E-state index contributed by atoms with van der Waals surface area (Å²) < 4.78 is 58.2. The zero-order chi connectivity index (χ0) is 14.2. The summed E-state index contributed by atoms with van der Waals surface area (Å²) in [6.45, 7) is 1.61. The number of aryl methyl sites for hydroxylation is 1. The van der Waals surface area contributed by atoms with Crippen LogP contribution in [0.3, 0.4) is 0 Å². The predicted octanol–water partition coefficient (Wildman–Crippen LogP) is 4.50. The van der Waals surface area contributed by atoms with Gasteiger partial charge in [-0.3, -0.25) is 0 Å². The van der Waals surface area contributed by atoms with E-state index >= 15 is 0 Å². The molecule has 7 heteroatoms. The van der Waals surface area contributed by atoms with Crippen molar-refractivity contribution in [1.29, 1.82) is 0 Å². The van der Waals surface area contributed by atoms with E-state index in [4.69, 9.17) is 4.74 Å². The number of nitrogens with zero attached hydrogens (tertiary/aromatic N) is 1. The van der Waals surface area contributed by atoms with Crippen LogP contribution in [0.1, 0.15) is 5.56 Å². The van der Waals surface area contributed by atoms with Crippen LogP contribution in [0.25, 0.3) is 0 Å². The van der Waals surface area contributed by atoms with E-state index in [1.54, 1.807) is 19.1 Å². The third-order valence-corrected chi connectivity index (χ3v) is 2.80. The number of benzene rings is 1. The first-order chi connectivity index (χ1) is 8.90. The minimum atomic E-state index is -1.76. The predicted molar refractivity (Wildman–Crippen MR) is 63.0 cm³/mol. The normalized spacial score (nSPS) is 10.6. The van der Waals surface area contributed by atoms with Crippen molar-refractivity contribution in [3.05, 3.63) is 51.8 Å². The van der Waals surface area contributed by atoms with Crippen molar-refractivity contribution in [2.45, 2.75) is 6.92 Å². The second-order valence-electron chi connectivity index (χ2n) is 3.66. The lowest BCUT2D eigenvalue weighted by molar-refractivity contribution is 0.342. The summed E-state index contributed by atoms with van der Waals surface area (Å²) >= 11 is 3.20. The van der Waals surface area contributed by atoms with Gasteiger partial charge >= 0.3 is 0 Å². The van der Waals surface area contributed by atoms with Crippen LogP contribution in [-0.4, -0.2) is 4.98 Å². The molecule has 2 aromatic rings. The first kappa shape index (κ1) is 13.8. The molecule has 0 radical (unpaired) electrons. The molecule has 0 N–H and O–H groups in total. The summed E-state index contributed by atoms with van der Waals surface area (Å²) in [5.41, 5.74) is 0.533. The van der Waals surface area contributed by atoms with E-state index < -0.39 is 29.3 Å². The Morgan fingerprint density at radius 3 is 2.16 bits per heavy atom. The van der Waals surface area contributed by atoms with Gasteiger partial charge in [0.1, 0.15) is 5.75 Å². The lowest BCUT2D eigenvalue weighted by atomic mass is 10.2. The second kappa shape index (κ2) is 5.16. The second-order valence-corrected chi connectivity index (χ2v) is 4.58. The lowest BCUT2D eigenvalue weighted by Crippen LogP contribution is -2.03. The Balaban J connectivity index is 2.49.